The number of carbonyl (C=O) groups is 2. The number of allylic oxidation sites excluding steroid dienone is 15. The van der Waals surface area contributed by atoms with Crippen LogP contribution in [-0.2, 0) is 19.1 Å². The molecule has 0 spiro atoms. The van der Waals surface area contributed by atoms with Crippen LogP contribution in [0, 0.1) is 0 Å². The Morgan fingerprint density at radius 2 is 0.676 bits per heavy atom. The molecule has 0 bridgehead atoms. The third kappa shape index (κ3) is 55.4. The Kier molecular flexibility index (Phi) is 55.4. The first kappa shape index (κ1) is 64.8. The molecule has 1 N–H and O–H groups in total. The summed E-state index contributed by atoms with van der Waals surface area (Å²) in [5.41, 5.74) is 0. The van der Waals surface area contributed by atoms with Crippen LogP contribution in [-0.4, -0.2) is 36.4 Å². The van der Waals surface area contributed by atoms with Gasteiger partial charge in [-0.15, -0.1) is 0 Å². The molecule has 68 heavy (non-hydrogen) atoms. The lowest BCUT2D eigenvalue weighted by Gasteiger charge is -2.15. The predicted molar refractivity (Wildman–Crippen MR) is 297 cm³/mol. The van der Waals surface area contributed by atoms with Gasteiger partial charge in [-0.05, 0) is 77.0 Å². The standard InChI is InChI=1S/C63H108O5/c1-3-5-7-9-11-13-15-17-19-20-21-22-23-24-25-26-27-28-29-30-31-32-33-34-35-36-37-38-39-40-41-42-44-45-47-49-51-53-55-57-62(65)67-60-61(59-64)68-63(66)58-56-54-52-50-48-46-43-18-16-14-12-10-8-6-4-2/h6,8,12,14-15,17-18,20-21,23-24,43,48,50,54,56,61,64H,3-5,7,9-11,13,16,19,22,25-42,44-47,49,51-53,55,57-60H2,1-2H3/b8-6-,14-12-,17-15-,21-20-,24-23-,43-18-,50-48-,56-54-. The molecule has 5 heteroatoms. The summed E-state index contributed by atoms with van der Waals surface area (Å²) < 4.78 is 10.6. The minimum absolute atomic E-state index is 0.107. The second-order valence-electron chi connectivity index (χ2n) is 19.0. The molecule has 0 heterocycles. The van der Waals surface area contributed by atoms with Gasteiger partial charge in [0.2, 0.25) is 0 Å². The summed E-state index contributed by atoms with van der Waals surface area (Å²) in [5.74, 6) is -0.735. The number of hydrogen-bond donors (Lipinski definition) is 1. The topological polar surface area (TPSA) is 72.8 Å². The molecule has 0 saturated heterocycles. The van der Waals surface area contributed by atoms with E-state index in [4.69, 9.17) is 9.47 Å². The number of ether oxygens (including phenoxy) is 2. The van der Waals surface area contributed by atoms with Crippen LogP contribution in [0.3, 0.4) is 0 Å². The summed E-state index contributed by atoms with van der Waals surface area (Å²) in [6.07, 6.45) is 82.9. The van der Waals surface area contributed by atoms with E-state index in [-0.39, 0.29) is 25.6 Å². The SMILES string of the molecule is CC/C=C\C/C=C\C/C=C\C/C=C\C/C=C\CC(=O)OC(CO)COC(=O)CCCCCCCCCCCCCCCCCCCCCCCCCC/C=C\C/C=C\C/C=C\CCCCCCC. The van der Waals surface area contributed by atoms with Crippen molar-refractivity contribution in [3.8, 4) is 0 Å². The van der Waals surface area contributed by atoms with Gasteiger partial charge < -0.3 is 14.6 Å². The van der Waals surface area contributed by atoms with Crippen molar-refractivity contribution in [2.24, 2.45) is 0 Å². The summed E-state index contributed by atoms with van der Waals surface area (Å²) >= 11 is 0. The minimum Gasteiger partial charge on any atom is -0.462 e. The van der Waals surface area contributed by atoms with Crippen molar-refractivity contribution >= 4 is 11.9 Å². The third-order valence-electron chi connectivity index (χ3n) is 12.4. The van der Waals surface area contributed by atoms with Crippen molar-refractivity contribution in [3.63, 3.8) is 0 Å². The van der Waals surface area contributed by atoms with Crippen molar-refractivity contribution in [3.05, 3.63) is 97.2 Å². The van der Waals surface area contributed by atoms with E-state index < -0.39 is 12.1 Å². The molecule has 0 saturated carbocycles. The number of unbranched alkanes of at least 4 members (excludes halogenated alkanes) is 29. The molecule has 0 radical (unpaired) electrons. The number of rotatable bonds is 52. The number of hydrogen-bond acceptors (Lipinski definition) is 5. The van der Waals surface area contributed by atoms with Gasteiger partial charge in [-0.1, -0.05) is 278 Å². The fourth-order valence-corrected chi connectivity index (χ4v) is 8.11. The fourth-order valence-electron chi connectivity index (χ4n) is 8.11. The molecule has 0 amide bonds. The molecule has 5 nitrogen and oxygen atoms in total. The summed E-state index contributed by atoms with van der Waals surface area (Å²) in [4.78, 5) is 24.4. The lowest BCUT2D eigenvalue weighted by atomic mass is 10.0. The zero-order valence-corrected chi connectivity index (χ0v) is 44.6. The van der Waals surface area contributed by atoms with Crippen molar-refractivity contribution in [1.82, 2.24) is 0 Å². The highest BCUT2D eigenvalue weighted by atomic mass is 16.6. The van der Waals surface area contributed by atoms with Crippen molar-refractivity contribution < 1.29 is 24.2 Å². The van der Waals surface area contributed by atoms with E-state index in [2.05, 4.69) is 98.9 Å². The van der Waals surface area contributed by atoms with E-state index in [0.29, 0.717) is 6.42 Å². The van der Waals surface area contributed by atoms with Crippen LogP contribution >= 0.6 is 0 Å². The van der Waals surface area contributed by atoms with Gasteiger partial charge in [0.1, 0.15) is 6.61 Å². The van der Waals surface area contributed by atoms with Gasteiger partial charge in [0.15, 0.2) is 6.10 Å². The highest BCUT2D eigenvalue weighted by Crippen LogP contribution is 2.17. The first-order chi connectivity index (χ1) is 33.6. The van der Waals surface area contributed by atoms with E-state index >= 15 is 0 Å². The number of aliphatic hydroxyl groups excluding tert-OH is 1. The fraction of sp³-hybridized carbons (Fsp3) is 0.714. The highest BCUT2D eigenvalue weighted by Gasteiger charge is 2.15. The maximum absolute atomic E-state index is 12.2. The van der Waals surface area contributed by atoms with Crippen LogP contribution in [0.1, 0.15) is 271 Å². The Morgan fingerprint density at radius 3 is 1.03 bits per heavy atom. The first-order valence-electron chi connectivity index (χ1n) is 28.8. The second kappa shape index (κ2) is 58.1. The van der Waals surface area contributed by atoms with Crippen molar-refractivity contribution in [2.75, 3.05) is 13.2 Å². The van der Waals surface area contributed by atoms with Crippen LogP contribution < -0.4 is 0 Å². The van der Waals surface area contributed by atoms with Crippen LogP contribution in [0.25, 0.3) is 0 Å². The van der Waals surface area contributed by atoms with Gasteiger partial charge in [-0.25, -0.2) is 0 Å². The molecule has 390 valence electrons. The lowest BCUT2D eigenvalue weighted by Crippen LogP contribution is -2.28. The normalized spacial score (nSPS) is 12.9. The highest BCUT2D eigenvalue weighted by molar-refractivity contribution is 5.71. The predicted octanol–water partition coefficient (Wildman–Crippen LogP) is 19.5. The molecule has 1 unspecified atom stereocenters. The molecule has 0 rings (SSSR count). The Hall–Kier alpha value is -3.18. The maximum atomic E-state index is 12.2. The van der Waals surface area contributed by atoms with Crippen molar-refractivity contribution in [2.45, 2.75) is 277 Å². The lowest BCUT2D eigenvalue weighted by molar-refractivity contribution is -0.160. The van der Waals surface area contributed by atoms with Gasteiger partial charge in [-0.3, -0.25) is 9.59 Å². The van der Waals surface area contributed by atoms with E-state index in [9.17, 15) is 14.7 Å². The second-order valence-corrected chi connectivity index (χ2v) is 19.0. The van der Waals surface area contributed by atoms with E-state index in [0.717, 1.165) is 64.2 Å². The monoisotopic (exact) mass is 945 g/mol. The van der Waals surface area contributed by atoms with Crippen LogP contribution in [0.4, 0.5) is 0 Å². The van der Waals surface area contributed by atoms with Gasteiger partial charge in [-0.2, -0.15) is 0 Å². The molecule has 1 atom stereocenters. The first-order valence-corrected chi connectivity index (χ1v) is 28.8. The molecule has 0 aromatic heterocycles. The molecule has 0 aromatic carbocycles. The zero-order valence-electron chi connectivity index (χ0n) is 44.6. The summed E-state index contributed by atoms with van der Waals surface area (Å²) in [5, 5.41) is 9.60. The molecule has 0 fully saturated rings. The molecule has 0 aliphatic rings. The van der Waals surface area contributed by atoms with Crippen LogP contribution in [0.15, 0.2) is 97.2 Å². The number of esters is 2. The third-order valence-corrected chi connectivity index (χ3v) is 12.4. The van der Waals surface area contributed by atoms with Crippen LogP contribution in [0.2, 0.25) is 0 Å². The number of aliphatic hydroxyl groups is 1. The minimum atomic E-state index is -0.830. The molecule has 0 aliphatic heterocycles. The van der Waals surface area contributed by atoms with E-state index in [1.54, 1.807) is 6.08 Å². The average molecular weight is 946 g/mol. The Balaban J connectivity index is 3.45. The largest absolute Gasteiger partial charge is 0.462 e. The Morgan fingerprint density at radius 1 is 0.368 bits per heavy atom. The average Bonchev–Trinajstić information content (AvgIpc) is 3.34. The van der Waals surface area contributed by atoms with E-state index in [1.165, 1.54) is 180 Å². The summed E-state index contributed by atoms with van der Waals surface area (Å²) in [7, 11) is 0. The summed E-state index contributed by atoms with van der Waals surface area (Å²) in [6, 6.07) is 0. The smallest absolute Gasteiger partial charge is 0.310 e. The van der Waals surface area contributed by atoms with Gasteiger partial charge in [0, 0.05) is 6.42 Å². The van der Waals surface area contributed by atoms with Gasteiger partial charge in [0.05, 0.1) is 13.0 Å². The van der Waals surface area contributed by atoms with Gasteiger partial charge >= 0.3 is 11.9 Å². The Labute approximate surface area is 421 Å². The molecular weight excluding hydrogens is 837 g/mol. The Bertz CT molecular complexity index is 1300. The zero-order chi connectivity index (χ0) is 49.2. The molecule has 0 aliphatic carbocycles. The summed E-state index contributed by atoms with van der Waals surface area (Å²) in [6.45, 7) is 3.94. The molecule has 0 aromatic rings. The van der Waals surface area contributed by atoms with Gasteiger partial charge in [0.25, 0.3) is 0 Å². The number of carbonyl (C=O) groups excluding carboxylic acids is 2. The maximum Gasteiger partial charge on any atom is 0.310 e. The quantitative estimate of drug-likeness (QED) is 0.0374. The van der Waals surface area contributed by atoms with Crippen molar-refractivity contribution in [1.29, 1.82) is 0 Å². The molecular formula is C63H108O5. The van der Waals surface area contributed by atoms with E-state index in [1.807, 2.05) is 6.08 Å². The van der Waals surface area contributed by atoms with Crippen LogP contribution in [0.5, 0.6) is 0 Å².